The number of carbonyl (C=O) groups is 1. The molecule has 0 aromatic heterocycles. The quantitative estimate of drug-likeness (QED) is 0.153. The molecule has 2 N–H and O–H groups in total. The van der Waals surface area contributed by atoms with Crippen molar-refractivity contribution >= 4 is 35.0 Å². The normalized spacial score (nSPS) is 17.6. The highest BCUT2D eigenvalue weighted by Crippen LogP contribution is 2.45. The number of aliphatic hydroxyl groups is 1. The van der Waals surface area contributed by atoms with Crippen LogP contribution in [0.25, 0.3) is 0 Å². The van der Waals surface area contributed by atoms with Crippen molar-refractivity contribution in [1.29, 1.82) is 0 Å². The number of nitrogens with zero attached hydrogens (tertiary/aromatic N) is 1. The van der Waals surface area contributed by atoms with Gasteiger partial charge in [-0.25, -0.2) is 4.99 Å². The summed E-state index contributed by atoms with van der Waals surface area (Å²) in [7, 11) is 0. The van der Waals surface area contributed by atoms with Crippen molar-refractivity contribution in [3.05, 3.63) is 129 Å². The smallest absolute Gasteiger partial charge is 0.494 e. The van der Waals surface area contributed by atoms with E-state index in [9.17, 15) is 18.0 Å². The first-order valence-electron chi connectivity index (χ1n) is 14.3. The molecule has 1 aliphatic rings. The number of benzene rings is 4. The molecule has 1 aliphatic heterocycles. The molecule has 1 amide bonds. The van der Waals surface area contributed by atoms with Crippen LogP contribution in [0.2, 0.25) is 10.0 Å². The summed E-state index contributed by atoms with van der Waals surface area (Å²) in [5.74, 6) is -0.0588. The van der Waals surface area contributed by atoms with Gasteiger partial charge < -0.3 is 24.6 Å². The van der Waals surface area contributed by atoms with Crippen LogP contribution in [0.3, 0.4) is 0 Å². The van der Waals surface area contributed by atoms with Gasteiger partial charge in [0.15, 0.2) is 11.6 Å². The van der Waals surface area contributed by atoms with Crippen LogP contribution >= 0.6 is 23.2 Å². The van der Waals surface area contributed by atoms with Crippen molar-refractivity contribution in [1.82, 2.24) is 5.32 Å². The number of alkyl halides is 3. The first kappa shape index (κ1) is 33.1. The van der Waals surface area contributed by atoms with Crippen molar-refractivity contribution < 1.29 is 37.3 Å². The van der Waals surface area contributed by atoms with Crippen LogP contribution in [0.5, 0.6) is 11.5 Å². The number of nitrogens with one attached hydrogen (secondary N) is 1. The highest BCUT2D eigenvalue weighted by atomic mass is 35.5. The van der Waals surface area contributed by atoms with Gasteiger partial charge in [0.2, 0.25) is 5.90 Å². The van der Waals surface area contributed by atoms with E-state index in [0.717, 1.165) is 5.56 Å². The van der Waals surface area contributed by atoms with Crippen LogP contribution in [0.1, 0.15) is 34.8 Å². The minimum atomic E-state index is -4.82. The number of carbonyl (C=O) groups excluding carboxylic acids is 1. The van der Waals surface area contributed by atoms with Gasteiger partial charge in [0, 0.05) is 47.2 Å². The van der Waals surface area contributed by atoms with Crippen LogP contribution < -0.4 is 14.8 Å². The molecule has 0 aliphatic carbocycles. The maximum atomic E-state index is 14.4. The maximum Gasteiger partial charge on any atom is 0.573 e. The summed E-state index contributed by atoms with van der Waals surface area (Å²) in [5, 5.41) is 12.6. The average molecular weight is 674 g/mol. The highest BCUT2D eigenvalue weighted by molar-refractivity contribution is 6.35. The zero-order chi connectivity index (χ0) is 32.7. The maximum absolute atomic E-state index is 14.4. The molecule has 4 aromatic carbocycles. The third kappa shape index (κ3) is 8.12. The second kappa shape index (κ2) is 14.5. The molecule has 0 bridgehead atoms. The molecule has 0 fully saturated rings. The van der Waals surface area contributed by atoms with E-state index < -0.39 is 23.9 Å². The summed E-state index contributed by atoms with van der Waals surface area (Å²) in [4.78, 5) is 19.3. The molecule has 1 heterocycles. The summed E-state index contributed by atoms with van der Waals surface area (Å²) in [5.41, 5.74) is 0.881. The molecule has 2 atom stereocenters. The fourth-order valence-electron chi connectivity index (χ4n) is 5.02. The first-order chi connectivity index (χ1) is 22.1. The Balaban J connectivity index is 1.51. The van der Waals surface area contributed by atoms with Crippen molar-refractivity contribution in [3.63, 3.8) is 0 Å². The molecule has 0 unspecified atom stereocenters. The molecule has 5 rings (SSSR count). The number of amides is 1. The van der Waals surface area contributed by atoms with Crippen molar-refractivity contribution in [3.8, 4) is 11.5 Å². The number of rotatable bonds is 12. The minimum Gasteiger partial charge on any atom is -0.494 e. The molecule has 46 heavy (non-hydrogen) atoms. The zero-order valence-electron chi connectivity index (χ0n) is 24.3. The summed E-state index contributed by atoms with van der Waals surface area (Å²) < 4.78 is 53.9. The predicted octanol–water partition coefficient (Wildman–Crippen LogP) is 7.47. The van der Waals surface area contributed by atoms with Crippen LogP contribution in [0.4, 0.5) is 13.2 Å². The van der Waals surface area contributed by atoms with Gasteiger partial charge in [-0.1, -0.05) is 71.7 Å². The van der Waals surface area contributed by atoms with Gasteiger partial charge in [-0.2, -0.15) is 0 Å². The van der Waals surface area contributed by atoms with E-state index in [1.807, 2.05) is 30.3 Å². The Morgan fingerprint density at radius 1 is 0.935 bits per heavy atom. The fraction of sp³-hybridized carbons (Fsp3) is 0.235. The second-order valence-electron chi connectivity index (χ2n) is 10.5. The lowest BCUT2D eigenvalue weighted by molar-refractivity contribution is -0.274. The van der Waals surface area contributed by atoms with Gasteiger partial charge in [-0.05, 0) is 59.7 Å². The van der Waals surface area contributed by atoms with E-state index in [1.54, 1.807) is 42.5 Å². The molecule has 12 heteroatoms. The average Bonchev–Trinajstić information content (AvgIpc) is 3.40. The Kier molecular flexibility index (Phi) is 10.4. The summed E-state index contributed by atoms with van der Waals surface area (Å²) >= 11 is 12.9. The molecule has 0 radical (unpaired) electrons. The first-order valence-corrected chi connectivity index (χ1v) is 15.0. The summed E-state index contributed by atoms with van der Waals surface area (Å²) in [6.07, 6.45) is -5.17. The Labute approximate surface area is 273 Å². The van der Waals surface area contributed by atoms with Gasteiger partial charge >= 0.3 is 6.36 Å². The second-order valence-corrected chi connectivity index (χ2v) is 11.3. The number of aliphatic hydroxyl groups excluding tert-OH is 1. The molecular formula is C34H29Cl2F3N2O5. The molecule has 7 nitrogen and oxygen atoms in total. The number of hydrogen-bond donors (Lipinski definition) is 2. The molecule has 0 saturated heterocycles. The lowest BCUT2D eigenvalue weighted by atomic mass is 9.82. The number of halogens is 5. The molecule has 240 valence electrons. The van der Waals surface area contributed by atoms with Crippen molar-refractivity contribution in [2.24, 2.45) is 4.99 Å². The lowest BCUT2D eigenvalue weighted by Gasteiger charge is -2.31. The predicted molar refractivity (Wildman–Crippen MR) is 168 cm³/mol. The zero-order valence-corrected chi connectivity index (χ0v) is 25.8. The Bertz CT molecular complexity index is 1670. The minimum absolute atomic E-state index is 0.00648. The van der Waals surface area contributed by atoms with E-state index in [2.05, 4.69) is 10.1 Å². The van der Waals surface area contributed by atoms with E-state index >= 15 is 0 Å². The van der Waals surface area contributed by atoms with Gasteiger partial charge in [0.05, 0.1) is 6.61 Å². The van der Waals surface area contributed by atoms with E-state index in [4.69, 9.17) is 42.8 Å². The number of hydrogen-bond acceptors (Lipinski definition) is 6. The van der Waals surface area contributed by atoms with Gasteiger partial charge in [-0.15, -0.1) is 13.2 Å². The SMILES string of the molecule is O=C(NCc1ccc(OC(F)(F)F)cc1)[C@]1(Cc2ccccc2)N=C(c2ccc(OCCCO)cc2)O[C@@H]1c1ccc(Cl)cc1Cl. The van der Waals surface area contributed by atoms with Crippen LogP contribution in [-0.2, 0) is 22.5 Å². The van der Waals surface area contributed by atoms with Gasteiger partial charge in [0.1, 0.15) is 11.5 Å². The third-order valence-corrected chi connectivity index (χ3v) is 7.76. The van der Waals surface area contributed by atoms with Crippen LogP contribution in [-0.4, -0.2) is 42.0 Å². The number of ether oxygens (including phenoxy) is 3. The fourth-order valence-corrected chi connectivity index (χ4v) is 5.53. The van der Waals surface area contributed by atoms with Crippen LogP contribution in [0, 0.1) is 0 Å². The van der Waals surface area contributed by atoms with Crippen LogP contribution in [0.15, 0.2) is 102 Å². The standard InChI is InChI=1S/C34H29Cl2F3N2O5/c35-25-11-16-28(29(36)19-25)30-33(20-22-5-2-1-3-6-22,32(43)40-21-23-7-12-27(13-8-23)46-34(37,38)39)41-31(45-30)24-9-14-26(15-10-24)44-18-4-17-42/h1-3,5-16,19,30,42H,4,17-18,20-21H2,(H,40,43)/t30-,33-/m1/s1. The molecule has 0 saturated carbocycles. The lowest BCUT2D eigenvalue weighted by Crippen LogP contribution is -2.49. The largest absolute Gasteiger partial charge is 0.573 e. The Hall–Kier alpha value is -4.25. The van der Waals surface area contributed by atoms with E-state index in [1.165, 1.54) is 24.3 Å². The molecular weight excluding hydrogens is 644 g/mol. The molecule has 4 aromatic rings. The van der Waals surface area contributed by atoms with Crippen molar-refractivity contribution in [2.75, 3.05) is 13.2 Å². The molecule has 0 spiro atoms. The Morgan fingerprint density at radius 2 is 1.63 bits per heavy atom. The Morgan fingerprint density at radius 3 is 2.28 bits per heavy atom. The highest BCUT2D eigenvalue weighted by Gasteiger charge is 2.53. The number of aliphatic imine (C=N–C) groups is 1. The van der Waals surface area contributed by atoms with Crippen molar-refractivity contribution in [2.45, 2.75) is 37.4 Å². The van der Waals surface area contributed by atoms with Gasteiger partial charge in [0.25, 0.3) is 5.91 Å². The van der Waals surface area contributed by atoms with Gasteiger partial charge in [-0.3, -0.25) is 4.79 Å². The van der Waals surface area contributed by atoms with E-state index in [0.29, 0.717) is 40.5 Å². The third-order valence-electron chi connectivity index (χ3n) is 7.20. The summed E-state index contributed by atoms with van der Waals surface area (Å²) in [6, 6.07) is 26.5. The van der Waals surface area contributed by atoms with E-state index in [-0.39, 0.29) is 36.2 Å². The monoisotopic (exact) mass is 672 g/mol. The topological polar surface area (TPSA) is 89.4 Å². The summed E-state index contributed by atoms with van der Waals surface area (Å²) in [6.45, 7) is 0.358.